The molecule has 1 amide bonds. The van der Waals surface area contributed by atoms with E-state index in [2.05, 4.69) is 24.3 Å². The third-order valence-corrected chi connectivity index (χ3v) is 5.92. The number of fused-ring (bicyclic) bond motifs is 1. The number of aromatic nitrogens is 1. The summed E-state index contributed by atoms with van der Waals surface area (Å²) in [6.07, 6.45) is 4.12. The fraction of sp³-hybridized carbons (Fsp3) is 0.385. The molecule has 0 saturated heterocycles. The first kappa shape index (κ1) is 24.8. The van der Waals surface area contributed by atoms with Crippen LogP contribution in [0.1, 0.15) is 41.7 Å². The van der Waals surface area contributed by atoms with Crippen molar-refractivity contribution in [3.8, 4) is 5.75 Å². The minimum absolute atomic E-state index is 0.160. The van der Waals surface area contributed by atoms with Gasteiger partial charge in [-0.05, 0) is 63.8 Å². The molecular formula is C26H32ClN3O3. The van der Waals surface area contributed by atoms with Gasteiger partial charge in [-0.1, -0.05) is 42.6 Å². The Kier molecular flexibility index (Phi) is 8.92. The fourth-order valence-corrected chi connectivity index (χ4v) is 3.98. The maximum atomic E-state index is 13.2. The third-order valence-electron chi connectivity index (χ3n) is 5.67. The molecule has 0 spiro atoms. The molecule has 0 aliphatic rings. The second-order valence-corrected chi connectivity index (χ2v) is 8.88. The van der Waals surface area contributed by atoms with Crippen molar-refractivity contribution < 1.29 is 14.3 Å². The summed E-state index contributed by atoms with van der Waals surface area (Å²) in [5.41, 5.74) is 1.93. The lowest BCUT2D eigenvalue weighted by Crippen LogP contribution is -2.32. The first-order chi connectivity index (χ1) is 15.9. The minimum Gasteiger partial charge on any atom is -0.487 e. The SMILES string of the molecule is CN(C)CCCCCCNC(=O)C(=O)c1c(COc2ccc(Cl)cc2)n(C)c2ccccc12. The van der Waals surface area contributed by atoms with Gasteiger partial charge in [0.05, 0.1) is 11.3 Å². The standard InChI is InChI=1S/C26H32ClN3O3/c1-29(2)17-9-5-4-8-16-28-26(32)25(31)24-21-10-6-7-11-22(21)30(3)23(24)18-33-20-14-12-19(27)13-15-20/h6-7,10-15H,4-5,8-9,16-18H2,1-3H3,(H,28,32). The van der Waals surface area contributed by atoms with E-state index in [0.29, 0.717) is 28.6 Å². The number of ketones is 1. The van der Waals surface area contributed by atoms with E-state index in [1.54, 1.807) is 24.3 Å². The number of halogens is 1. The zero-order chi connectivity index (χ0) is 23.8. The van der Waals surface area contributed by atoms with Crippen LogP contribution in [0.15, 0.2) is 48.5 Å². The van der Waals surface area contributed by atoms with Crippen molar-refractivity contribution >= 4 is 34.2 Å². The maximum absolute atomic E-state index is 13.2. The van der Waals surface area contributed by atoms with Crippen LogP contribution < -0.4 is 10.1 Å². The molecule has 1 aromatic heterocycles. The number of carbonyl (C=O) groups excluding carboxylic acids is 2. The molecule has 1 N–H and O–H groups in total. The summed E-state index contributed by atoms with van der Waals surface area (Å²) in [5, 5.41) is 4.17. The number of benzene rings is 2. The van der Waals surface area contributed by atoms with Gasteiger partial charge in [0.1, 0.15) is 12.4 Å². The number of carbonyl (C=O) groups is 2. The molecule has 0 saturated carbocycles. The Balaban J connectivity index is 1.68. The van der Waals surface area contributed by atoms with E-state index in [1.807, 2.05) is 35.9 Å². The van der Waals surface area contributed by atoms with Gasteiger partial charge < -0.3 is 19.5 Å². The molecule has 0 unspecified atom stereocenters. The van der Waals surface area contributed by atoms with Gasteiger partial charge in [-0.15, -0.1) is 0 Å². The van der Waals surface area contributed by atoms with E-state index in [1.165, 1.54) is 0 Å². The molecule has 2 aromatic carbocycles. The van der Waals surface area contributed by atoms with Crippen LogP contribution in [0.4, 0.5) is 0 Å². The number of nitrogens with zero attached hydrogens (tertiary/aromatic N) is 2. The van der Waals surface area contributed by atoms with Gasteiger partial charge in [0.15, 0.2) is 0 Å². The van der Waals surface area contributed by atoms with Crippen molar-refractivity contribution in [3.63, 3.8) is 0 Å². The van der Waals surface area contributed by atoms with Crippen LogP contribution in [-0.4, -0.2) is 48.3 Å². The zero-order valence-electron chi connectivity index (χ0n) is 19.6. The lowest BCUT2D eigenvalue weighted by molar-refractivity contribution is -0.117. The van der Waals surface area contributed by atoms with Crippen LogP contribution in [0.3, 0.4) is 0 Å². The summed E-state index contributed by atoms with van der Waals surface area (Å²) in [6, 6.07) is 14.6. The second-order valence-electron chi connectivity index (χ2n) is 8.44. The third kappa shape index (κ3) is 6.59. The summed E-state index contributed by atoms with van der Waals surface area (Å²) in [7, 11) is 6.01. The summed E-state index contributed by atoms with van der Waals surface area (Å²) in [4.78, 5) is 28.1. The highest BCUT2D eigenvalue weighted by atomic mass is 35.5. The molecule has 0 radical (unpaired) electrons. The Bertz CT molecular complexity index is 1090. The van der Waals surface area contributed by atoms with E-state index in [-0.39, 0.29) is 6.61 Å². The molecule has 0 fully saturated rings. The average molecular weight is 470 g/mol. The fourth-order valence-electron chi connectivity index (χ4n) is 3.85. The molecule has 33 heavy (non-hydrogen) atoms. The number of rotatable bonds is 12. The topological polar surface area (TPSA) is 63.6 Å². The van der Waals surface area contributed by atoms with Crippen LogP contribution in [0, 0.1) is 0 Å². The van der Waals surface area contributed by atoms with Gasteiger partial charge >= 0.3 is 0 Å². The van der Waals surface area contributed by atoms with Gasteiger partial charge in [0, 0.05) is 29.5 Å². The van der Waals surface area contributed by atoms with Crippen molar-refractivity contribution in [1.29, 1.82) is 0 Å². The van der Waals surface area contributed by atoms with Gasteiger partial charge in [0.25, 0.3) is 11.7 Å². The molecule has 0 aliphatic carbocycles. The van der Waals surface area contributed by atoms with Gasteiger partial charge in [-0.2, -0.15) is 0 Å². The van der Waals surface area contributed by atoms with Crippen molar-refractivity contribution in [2.45, 2.75) is 32.3 Å². The molecule has 176 valence electrons. The van der Waals surface area contributed by atoms with E-state index >= 15 is 0 Å². The van der Waals surface area contributed by atoms with Gasteiger partial charge in [0.2, 0.25) is 0 Å². The van der Waals surface area contributed by atoms with Gasteiger partial charge in [-0.25, -0.2) is 0 Å². The van der Waals surface area contributed by atoms with E-state index in [9.17, 15) is 9.59 Å². The van der Waals surface area contributed by atoms with Crippen molar-refractivity contribution in [1.82, 2.24) is 14.8 Å². The zero-order valence-corrected chi connectivity index (χ0v) is 20.3. The lowest BCUT2D eigenvalue weighted by Gasteiger charge is -2.11. The molecule has 6 nitrogen and oxygen atoms in total. The van der Waals surface area contributed by atoms with E-state index < -0.39 is 11.7 Å². The number of ether oxygens (including phenoxy) is 1. The number of Topliss-reactive ketones (excluding diaryl/α,β-unsaturated/α-hetero) is 1. The molecule has 3 aromatic rings. The number of hydrogen-bond donors (Lipinski definition) is 1. The average Bonchev–Trinajstić information content (AvgIpc) is 3.09. The quantitative estimate of drug-likeness (QED) is 0.234. The minimum atomic E-state index is -0.576. The van der Waals surface area contributed by atoms with Crippen molar-refractivity contribution in [3.05, 3.63) is 64.8 Å². The molecule has 0 aliphatic heterocycles. The Morgan fingerprint density at radius 3 is 2.42 bits per heavy atom. The predicted molar refractivity (Wildman–Crippen MR) is 133 cm³/mol. The van der Waals surface area contributed by atoms with Crippen molar-refractivity contribution in [2.75, 3.05) is 27.2 Å². The monoisotopic (exact) mass is 469 g/mol. The van der Waals surface area contributed by atoms with Crippen LogP contribution in [-0.2, 0) is 18.4 Å². The highest BCUT2D eigenvalue weighted by Crippen LogP contribution is 2.27. The van der Waals surface area contributed by atoms with Crippen LogP contribution in [0.5, 0.6) is 5.75 Å². The van der Waals surface area contributed by atoms with Crippen LogP contribution in [0.2, 0.25) is 5.02 Å². The largest absolute Gasteiger partial charge is 0.487 e. The van der Waals surface area contributed by atoms with Crippen LogP contribution in [0.25, 0.3) is 10.9 Å². The Labute approximate surface area is 200 Å². The first-order valence-electron chi connectivity index (χ1n) is 11.3. The number of aryl methyl sites for hydroxylation is 1. The Morgan fingerprint density at radius 2 is 1.70 bits per heavy atom. The predicted octanol–water partition coefficient (Wildman–Crippen LogP) is 4.83. The second kappa shape index (κ2) is 11.9. The van der Waals surface area contributed by atoms with Gasteiger partial charge in [-0.3, -0.25) is 9.59 Å². The summed E-state index contributed by atoms with van der Waals surface area (Å²) in [6.45, 7) is 1.72. The number of nitrogens with one attached hydrogen (secondary N) is 1. The number of amides is 1. The number of hydrogen-bond acceptors (Lipinski definition) is 4. The molecule has 3 rings (SSSR count). The number of unbranched alkanes of at least 4 members (excludes halogenated alkanes) is 3. The first-order valence-corrected chi connectivity index (χ1v) is 11.7. The summed E-state index contributed by atoms with van der Waals surface area (Å²) < 4.78 is 7.83. The molecule has 0 atom stereocenters. The Hall–Kier alpha value is -2.83. The number of para-hydroxylation sites is 1. The summed E-state index contributed by atoms with van der Waals surface area (Å²) >= 11 is 5.95. The molecule has 0 bridgehead atoms. The Morgan fingerprint density at radius 1 is 1.00 bits per heavy atom. The molecule has 1 heterocycles. The highest BCUT2D eigenvalue weighted by molar-refractivity contribution is 6.45. The normalized spacial score (nSPS) is 11.2. The lowest BCUT2D eigenvalue weighted by atomic mass is 10.1. The molecule has 7 heteroatoms. The smallest absolute Gasteiger partial charge is 0.292 e. The maximum Gasteiger partial charge on any atom is 0.292 e. The van der Waals surface area contributed by atoms with Crippen LogP contribution >= 0.6 is 11.6 Å². The molecular weight excluding hydrogens is 438 g/mol. The van der Waals surface area contributed by atoms with Crippen molar-refractivity contribution in [2.24, 2.45) is 7.05 Å². The highest BCUT2D eigenvalue weighted by Gasteiger charge is 2.26. The summed E-state index contributed by atoms with van der Waals surface area (Å²) in [5.74, 6) is -0.469. The van der Waals surface area contributed by atoms with E-state index in [4.69, 9.17) is 16.3 Å². The van der Waals surface area contributed by atoms with E-state index in [0.717, 1.165) is 43.1 Å².